The van der Waals surface area contributed by atoms with Crippen LogP contribution in [0.3, 0.4) is 0 Å². The first-order valence-electron chi connectivity index (χ1n) is 5.96. The Hall–Kier alpha value is 0.210. The number of halogens is 1. The fourth-order valence-electron chi connectivity index (χ4n) is 3.81. The molecule has 0 aromatic rings. The first-order chi connectivity index (χ1) is 6.58. The van der Waals surface area contributed by atoms with Crippen LogP contribution in [0.2, 0.25) is 0 Å². The molecule has 3 unspecified atom stereocenters. The van der Waals surface area contributed by atoms with E-state index in [2.05, 4.69) is 37.7 Å². The molecule has 3 atom stereocenters. The highest BCUT2D eigenvalue weighted by molar-refractivity contribution is 5.85. The minimum absolute atomic E-state index is 0. The van der Waals surface area contributed by atoms with Crippen LogP contribution in [0, 0.1) is 17.8 Å². The van der Waals surface area contributed by atoms with Gasteiger partial charge in [-0.05, 0) is 38.3 Å². The molecule has 0 radical (unpaired) electrons. The molecule has 0 aromatic carbocycles. The van der Waals surface area contributed by atoms with Crippen LogP contribution in [0.1, 0.15) is 20.3 Å². The normalized spacial score (nSPS) is 37.8. The summed E-state index contributed by atoms with van der Waals surface area (Å²) in [5.41, 5.74) is 0. The van der Waals surface area contributed by atoms with Crippen molar-refractivity contribution in [3.8, 4) is 0 Å². The van der Waals surface area contributed by atoms with Crippen molar-refractivity contribution < 1.29 is 0 Å². The van der Waals surface area contributed by atoms with Crippen molar-refractivity contribution in [3.05, 3.63) is 0 Å². The lowest BCUT2D eigenvalue weighted by molar-refractivity contribution is -0.0103. The van der Waals surface area contributed by atoms with Crippen molar-refractivity contribution in [2.45, 2.75) is 26.3 Å². The molecule has 2 bridgehead atoms. The Kier molecular flexibility index (Phi) is 4.45. The molecule has 2 rings (SSSR count). The summed E-state index contributed by atoms with van der Waals surface area (Å²) in [5.74, 6) is 2.65. The number of hydrogen-bond donors (Lipinski definition) is 0. The molecule has 2 fully saturated rings. The van der Waals surface area contributed by atoms with E-state index in [-0.39, 0.29) is 12.4 Å². The maximum atomic E-state index is 2.61. The van der Waals surface area contributed by atoms with Crippen LogP contribution in [-0.2, 0) is 0 Å². The Bertz CT molecular complexity index is 204. The summed E-state index contributed by atoms with van der Waals surface area (Å²) in [6.07, 6.45) is 1.47. The molecule has 15 heavy (non-hydrogen) atoms. The fraction of sp³-hybridized carbons (Fsp3) is 1.00. The molecule has 2 nitrogen and oxygen atoms in total. The van der Waals surface area contributed by atoms with Crippen LogP contribution in [0.5, 0.6) is 0 Å². The quantitative estimate of drug-likeness (QED) is 0.682. The predicted octanol–water partition coefficient (Wildman–Crippen LogP) is 1.95. The highest BCUT2D eigenvalue weighted by Gasteiger charge is 2.39. The lowest BCUT2D eigenvalue weighted by atomic mass is 9.76. The summed E-state index contributed by atoms with van der Waals surface area (Å²) < 4.78 is 0. The highest BCUT2D eigenvalue weighted by Crippen LogP contribution is 2.34. The largest absolute Gasteiger partial charge is 0.306 e. The van der Waals surface area contributed by atoms with Gasteiger partial charge >= 0.3 is 0 Å². The van der Waals surface area contributed by atoms with E-state index in [4.69, 9.17) is 0 Å². The molecule has 0 aromatic heterocycles. The minimum atomic E-state index is 0. The number of rotatable bonds is 1. The van der Waals surface area contributed by atoms with Crippen molar-refractivity contribution in [3.63, 3.8) is 0 Å². The Morgan fingerprint density at radius 3 is 2.33 bits per heavy atom. The number of likely N-dealkylation sites (tertiary alicyclic amines) is 2. The smallest absolute Gasteiger partial charge is 0.0156 e. The van der Waals surface area contributed by atoms with E-state index in [1.54, 1.807) is 0 Å². The van der Waals surface area contributed by atoms with E-state index in [9.17, 15) is 0 Å². The summed E-state index contributed by atoms with van der Waals surface area (Å²) in [6.45, 7) is 8.67. The molecule has 2 heterocycles. The summed E-state index contributed by atoms with van der Waals surface area (Å²) in [4.78, 5) is 5.14. The van der Waals surface area contributed by atoms with Gasteiger partial charge in [-0.2, -0.15) is 0 Å². The molecule has 0 N–H and O–H groups in total. The van der Waals surface area contributed by atoms with Crippen LogP contribution < -0.4 is 0 Å². The van der Waals surface area contributed by atoms with Gasteiger partial charge in [0.05, 0.1) is 0 Å². The molecular formula is C12H25ClN2. The van der Waals surface area contributed by atoms with E-state index in [0.29, 0.717) is 0 Å². The number of hydrogen-bond acceptors (Lipinski definition) is 2. The monoisotopic (exact) mass is 232 g/mol. The molecule has 0 amide bonds. The SMILES string of the molecule is CC(C)C1C2CC(CN(C)C2)CN1C.Cl. The third-order valence-corrected chi connectivity index (χ3v) is 3.97. The maximum Gasteiger partial charge on any atom is 0.0156 e. The molecule has 0 aliphatic carbocycles. The average molecular weight is 233 g/mol. The average Bonchev–Trinajstić information content (AvgIpc) is 1.99. The predicted molar refractivity (Wildman–Crippen MR) is 67.6 cm³/mol. The van der Waals surface area contributed by atoms with Crippen molar-refractivity contribution in [1.82, 2.24) is 9.80 Å². The van der Waals surface area contributed by atoms with E-state index in [1.165, 1.54) is 26.1 Å². The third-order valence-electron chi connectivity index (χ3n) is 3.97. The molecule has 90 valence electrons. The zero-order valence-corrected chi connectivity index (χ0v) is 11.3. The molecule has 2 aliphatic rings. The lowest BCUT2D eigenvalue weighted by Crippen LogP contribution is -2.57. The Morgan fingerprint density at radius 1 is 1.07 bits per heavy atom. The molecule has 2 saturated heterocycles. The second-order valence-electron chi connectivity index (χ2n) is 5.76. The van der Waals surface area contributed by atoms with Gasteiger partial charge in [0, 0.05) is 25.7 Å². The topological polar surface area (TPSA) is 6.48 Å². The van der Waals surface area contributed by atoms with Gasteiger partial charge in [0.25, 0.3) is 0 Å². The van der Waals surface area contributed by atoms with Crippen molar-refractivity contribution in [2.75, 3.05) is 33.7 Å². The second kappa shape index (κ2) is 5.03. The highest BCUT2D eigenvalue weighted by atomic mass is 35.5. The van der Waals surface area contributed by atoms with Crippen LogP contribution in [0.15, 0.2) is 0 Å². The van der Waals surface area contributed by atoms with Crippen molar-refractivity contribution >= 4 is 12.4 Å². The fourth-order valence-corrected chi connectivity index (χ4v) is 3.81. The van der Waals surface area contributed by atoms with Crippen LogP contribution in [-0.4, -0.2) is 49.6 Å². The lowest BCUT2D eigenvalue weighted by Gasteiger charge is -2.50. The number of nitrogens with zero attached hydrogens (tertiary/aromatic N) is 2. The molecule has 0 saturated carbocycles. The Morgan fingerprint density at radius 2 is 1.73 bits per heavy atom. The van der Waals surface area contributed by atoms with E-state index in [1.807, 2.05) is 0 Å². The summed E-state index contributed by atoms with van der Waals surface area (Å²) in [6, 6.07) is 0.814. The van der Waals surface area contributed by atoms with Gasteiger partial charge in [-0.15, -0.1) is 12.4 Å². The third kappa shape index (κ3) is 2.66. The zero-order chi connectivity index (χ0) is 10.3. The number of piperidine rings is 2. The van der Waals surface area contributed by atoms with Gasteiger partial charge in [-0.1, -0.05) is 13.8 Å². The first-order valence-corrected chi connectivity index (χ1v) is 5.96. The van der Waals surface area contributed by atoms with Crippen LogP contribution in [0.25, 0.3) is 0 Å². The van der Waals surface area contributed by atoms with Crippen molar-refractivity contribution in [2.24, 2.45) is 17.8 Å². The Balaban J connectivity index is 0.00000112. The summed E-state index contributed by atoms with van der Waals surface area (Å²) in [7, 11) is 4.59. The van der Waals surface area contributed by atoms with Crippen molar-refractivity contribution in [1.29, 1.82) is 0 Å². The summed E-state index contributed by atoms with van der Waals surface area (Å²) >= 11 is 0. The van der Waals surface area contributed by atoms with E-state index >= 15 is 0 Å². The van der Waals surface area contributed by atoms with Gasteiger partial charge in [0.1, 0.15) is 0 Å². The van der Waals surface area contributed by atoms with Gasteiger partial charge in [0.2, 0.25) is 0 Å². The molecular weight excluding hydrogens is 208 g/mol. The van der Waals surface area contributed by atoms with E-state index in [0.717, 1.165) is 23.8 Å². The summed E-state index contributed by atoms with van der Waals surface area (Å²) in [5, 5.41) is 0. The Labute approximate surface area is 100 Å². The molecule has 2 aliphatic heterocycles. The van der Waals surface area contributed by atoms with Gasteiger partial charge in [-0.25, -0.2) is 0 Å². The first kappa shape index (κ1) is 13.3. The van der Waals surface area contributed by atoms with Gasteiger partial charge in [0.15, 0.2) is 0 Å². The van der Waals surface area contributed by atoms with Crippen LogP contribution >= 0.6 is 12.4 Å². The van der Waals surface area contributed by atoms with Gasteiger partial charge in [-0.3, -0.25) is 0 Å². The van der Waals surface area contributed by atoms with E-state index < -0.39 is 0 Å². The van der Waals surface area contributed by atoms with Gasteiger partial charge < -0.3 is 9.80 Å². The maximum absolute atomic E-state index is 2.61. The number of fused-ring (bicyclic) bond motifs is 2. The standard InChI is InChI=1S/C12H24N2.ClH/c1-9(2)12-11-5-10(7-14(12)4)6-13(3)8-11;/h9-12H,5-8H2,1-4H3;1H. The second-order valence-corrected chi connectivity index (χ2v) is 5.76. The zero-order valence-electron chi connectivity index (χ0n) is 10.4. The minimum Gasteiger partial charge on any atom is -0.306 e. The molecule has 3 heteroatoms. The molecule has 0 spiro atoms. The van der Waals surface area contributed by atoms with Crippen LogP contribution in [0.4, 0.5) is 0 Å².